The fourth-order valence-electron chi connectivity index (χ4n) is 4.09. The monoisotopic (exact) mass is 437 g/mol. The summed E-state index contributed by atoms with van der Waals surface area (Å²) in [5.41, 5.74) is 3.49. The van der Waals surface area contributed by atoms with Crippen molar-refractivity contribution in [3.05, 3.63) is 53.2 Å². The molecular formula is C24H27N3O5. The van der Waals surface area contributed by atoms with Crippen molar-refractivity contribution in [3.8, 4) is 17.2 Å². The quantitative estimate of drug-likeness (QED) is 0.576. The van der Waals surface area contributed by atoms with Crippen LogP contribution in [0.1, 0.15) is 32.4 Å². The highest BCUT2D eigenvalue weighted by Gasteiger charge is 2.38. The first-order valence-corrected chi connectivity index (χ1v) is 10.3. The minimum absolute atomic E-state index is 0.272. The van der Waals surface area contributed by atoms with Crippen molar-refractivity contribution in [2.24, 2.45) is 0 Å². The number of hydrogen-bond donors (Lipinski definition) is 1. The lowest BCUT2D eigenvalue weighted by Gasteiger charge is -2.31. The van der Waals surface area contributed by atoms with Crippen LogP contribution in [0.15, 0.2) is 47.7 Å². The van der Waals surface area contributed by atoms with E-state index in [9.17, 15) is 4.79 Å². The third kappa shape index (κ3) is 3.51. The van der Waals surface area contributed by atoms with E-state index in [-0.39, 0.29) is 6.10 Å². The first kappa shape index (κ1) is 21.5. The lowest BCUT2D eigenvalue weighted by atomic mass is 9.93. The molecular weight excluding hydrogens is 410 g/mol. The van der Waals surface area contributed by atoms with E-state index >= 15 is 0 Å². The molecule has 0 saturated carbocycles. The van der Waals surface area contributed by atoms with Gasteiger partial charge in [0.1, 0.15) is 11.8 Å². The van der Waals surface area contributed by atoms with E-state index in [1.807, 2.05) is 55.7 Å². The number of aromatic nitrogens is 2. The van der Waals surface area contributed by atoms with Gasteiger partial charge in [-0.3, -0.25) is 4.57 Å². The summed E-state index contributed by atoms with van der Waals surface area (Å²) in [6, 6.07) is 10.8. The Bertz CT molecular complexity index is 1210. The van der Waals surface area contributed by atoms with E-state index in [0.29, 0.717) is 40.0 Å². The number of ether oxygens (including phenoxy) is 4. The van der Waals surface area contributed by atoms with Gasteiger partial charge < -0.3 is 24.3 Å². The number of nitrogens with zero attached hydrogens (tertiary/aromatic N) is 2. The minimum atomic E-state index is -0.580. The Kier molecular flexibility index (Phi) is 5.69. The highest BCUT2D eigenvalue weighted by Crippen LogP contribution is 2.47. The predicted molar refractivity (Wildman–Crippen MR) is 122 cm³/mol. The summed E-state index contributed by atoms with van der Waals surface area (Å²) in [6.07, 6.45) is -0.272. The number of methoxy groups -OCH3 is 3. The molecule has 2 aromatic carbocycles. The van der Waals surface area contributed by atoms with E-state index < -0.39 is 12.0 Å². The van der Waals surface area contributed by atoms with Gasteiger partial charge in [0.15, 0.2) is 11.5 Å². The number of nitrogens with one attached hydrogen (secondary N) is 1. The summed E-state index contributed by atoms with van der Waals surface area (Å²) in [6.45, 7) is 5.50. The largest absolute Gasteiger partial charge is 0.497 e. The molecule has 1 atom stereocenters. The number of rotatable bonds is 6. The van der Waals surface area contributed by atoms with Gasteiger partial charge in [0.25, 0.3) is 0 Å². The van der Waals surface area contributed by atoms with Crippen LogP contribution in [-0.4, -0.2) is 43.0 Å². The van der Waals surface area contributed by atoms with Gasteiger partial charge in [0.2, 0.25) is 5.95 Å². The maximum atomic E-state index is 13.3. The van der Waals surface area contributed by atoms with E-state index in [0.717, 1.165) is 11.0 Å². The van der Waals surface area contributed by atoms with Crippen molar-refractivity contribution in [3.63, 3.8) is 0 Å². The van der Waals surface area contributed by atoms with Crippen LogP contribution in [0, 0.1) is 0 Å². The topological polar surface area (TPSA) is 83.8 Å². The molecule has 0 radical (unpaired) electrons. The first-order chi connectivity index (χ1) is 15.4. The van der Waals surface area contributed by atoms with Gasteiger partial charge in [0, 0.05) is 17.3 Å². The van der Waals surface area contributed by atoms with Crippen molar-refractivity contribution in [2.75, 3.05) is 26.6 Å². The van der Waals surface area contributed by atoms with Gasteiger partial charge in [-0.15, -0.1) is 0 Å². The van der Waals surface area contributed by atoms with Gasteiger partial charge in [-0.25, -0.2) is 9.78 Å². The van der Waals surface area contributed by atoms with Crippen LogP contribution in [0.2, 0.25) is 0 Å². The molecule has 0 saturated heterocycles. The number of esters is 1. The Morgan fingerprint density at radius 2 is 1.84 bits per heavy atom. The Hall–Kier alpha value is -3.68. The maximum Gasteiger partial charge on any atom is 0.338 e. The zero-order valence-corrected chi connectivity index (χ0v) is 19.1. The average molecular weight is 437 g/mol. The third-order valence-corrected chi connectivity index (χ3v) is 5.40. The van der Waals surface area contributed by atoms with Gasteiger partial charge in [-0.05, 0) is 39.0 Å². The van der Waals surface area contributed by atoms with Crippen molar-refractivity contribution < 1.29 is 23.7 Å². The summed E-state index contributed by atoms with van der Waals surface area (Å²) < 4.78 is 24.5. The number of anilines is 1. The normalized spacial score (nSPS) is 15.4. The molecule has 8 heteroatoms. The van der Waals surface area contributed by atoms with Gasteiger partial charge in [0.05, 0.1) is 44.0 Å². The molecule has 0 bridgehead atoms. The van der Waals surface area contributed by atoms with Gasteiger partial charge >= 0.3 is 5.97 Å². The van der Waals surface area contributed by atoms with Crippen LogP contribution >= 0.6 is 0 Å². The van der Waals surface area contributed by atoms with Crippen LogP contribution in [-0.2, 0) is 9.53 Å². The van der Waals surface area contributed by atoms with Crippen molar-refractivity contribution >= 4 is 23.0 Å². The lowest BCUT2D eigenvalue weighted by molar-refractivity contribution is -0.143. The Balaban J connectivity index is 2.06. The van der Waals surface area contributed by atoms with Crippen LogP contribution < -0.4 is 19.5 Å². The number of para-hydroxylation sites is 2. The van der Waals surface area contributed by atoms with Crippen molar-refractivity contribution in [1.29, 1.82) is 0 Å². The van der Waals surface area contributed by atoms with Gasteiger partial charge in [-0.1, -0.05) is 12.1 Å². The molecule has 0 aliphatic carbocycles. The molecule has 0 spiro atoms. The van der Waals surface area contributed by atoms with E-state index in [1.54, 1.807) is 27.4 Å². The standard InChI is InChI=1S/C24H27N3O5/c1-13(2)32-23(28)20-14(3)25-24-26-17-9-7-8-10-18(17)27(24)21(20)16-11-15(29-4)12-19(30-5)22(16)31-6/h7-13,21H,1-6H3,(H,25,26). The van der Waals surface area contributed by atoms with E-state index in [4.69, 9.17) is 23.9 Å². The SMILES string of the molecule is COc1cc(OC)c(OC)c(C2C(C(=O)OC(C)C)=C(C)Nc3nc4ccccc4n32)c1. The van der Waals surface area contributed by atoms with Gasteiger partial charge in [-0.2, -0.15) is 0 Å². The third-order valence-electron chi connectivity index (χ3n) is 5.40. The van der Waals surface area contributed by atoms with Crippen LogP contribution in [0.5, 0.6) is 17.2 Å². The average Bonchev–Trinajstić information content (AvgIpc) is 3.14. The fourth-order valence-corrected chi connectivity index (χ4v) is 4.09. The lowest BCUT2D eigenvalue weighted by Crippen LogP contribution is -2.30. The number of carbonyl (C=O) groups is 1. The molecule has 0 fully saturated rings. The second-order valence-electron chi connectivity index (χ2n) is 7.77. The number of fused-ring (bicyclic) bond motifs is 3. The molecule has 1 unspecified atom stereocenters. The molecule has 32 heavy (non-hydrogen) atoms. The molecule has 0 amide bonds. The summed E-state index contributed by atoms with van der Waals surface area (Å²) in [5, 5.41) is 3.28. The Morgan fingerprint density at radius 3 is 2.50 bits per heavy atom. The molecule has 3 aromatic rings. The molecule has 8 nitrogen and oxygen atoms in total. The molecule has 1 N–H and O–H groups in total. The number of allylic oxidation sites excluding steroid dienone is 1. The van der Waals surface area contributed by atoms with Crippen molar-refractivity contribution in [2.45, 2.75) is 32.9 Å². The van der Waals surface area contributed by atoms with E-state index in [2.05, 4.69) is 5.32 Å². The number of imidazole rings is 1. The number of carbonyl (C=O) groups excluding carboxylic acids is 1. The molecule has 2 heterocycles. The second-order valence-corrected chi connectivity index (χ2v) is 7.77. The highest BCUT2D eigenvalue weighted by molar-refractivity contribution is 5.94. The Morgan fingerprint density at radius 1 is 1.09 bits per heavy atom. The maximum absolute atomic E-state index is 13.3. The predicted octanol–water partition coefficient (Wildman–Crippen LogP) is 4.30. The Labute approximate surface area is 186 Å². The molecule has 168 valence electrons. The molecule has 1 aliphatic heterocycles. The summed E-state index contributed by atoms with van der Waals surface area (Å²) in [7, 11) is 4.72. The fraction of sp³-hybridized carbons (Fsp3) is 0.333. The highest BCUT2D eigenvalue weighted by atomic mass is 16.5. The zero-order chi connectivity index (χ0) is 23.0. The van der Waals surface area contributed by atoms with Crippen LogP contribution in [0.3, 0.4) is 0 Å². The van der Waals surface area contributed by atoms with Crippen LogP contribution in [0.25, 0.3) is 11.0 Å². The number of benzene rings is 2. The second kappa shape index (κ2) is 8.45. The van der Waals surface area contributed by atoms with Crippen molar-refractivity contribution in [1.82, 2.24) is 9.55 Å². The first-order valence-electron chi connectivity index (χ1n) is 10.3. The molecule has 4 rings (SSSR count). The summed E-state index contributed by atoms with van der Waals surface area (Å²) >= 11 is 0. The molecule has 1 aliphatic rings. The molecule has 1 aromatic heterocycles. The smallest absolute Gasteiger partial charge is 0.338 e. The zero-order valence-electron chi connectivity index (χ0n) is 19.1. The van der Waals surface area contributed by atoms with E-state index in [1.165, 1.54) is 0 Å². The summed E-state index contributed by atoms with van der Waals surface area (Å²) in [4.78, 5) is 18.1. The summed E-state index contributed by atoms with van der Waals surface area (Å²) in [5.74, 6) is 1.80. The van der Waals surface area contributed by atoms with Crippen LogP contribution in [0.4, 0.5) is 5.95 Å². The number of hydrogen-bond acceptors (Lipinski definition) is 7. The minimum Gasteiger partial charge on any atom is -0.497 e.